The monoisotopic (exact) mass is 335 g/mol. The van der Waals surface area contributed by atoms with Crippen LogP contribution in [-0.2, 0) is 6.42 Å². The lowest BCUT2D eigenvalue weighted by molar-refractivity contribution is 0.553. The van der Waals surface area contributed by atoms with Crippen LogP contribution in [0.5, 0.6) is 0 Å². The summed E-state index contributed by atoms with van der Waals surface area (Å²) in [5.74, 6) is 2.50. The van der Waals surface area contributed by atoms with Crippen molar-refractivity contribution in [2.45, 2.75) is 39.2 Å². The van der Waals surface area contributed by atoms with Crippen molar-refractivity contribution < 1.29 is 0 Å². The first kappa shape index (κ1) is 15.5. The van der Waals surface area contributed by atoms with Crippen LogP contribution in [0.2, 0.25) is 0 Å². The van der Waals surface area contributed by atoms with Gasteiger partial charge >= 0.3 is 0 Å². The molecule has 0 aliphatic rings. The summed E-state index contributed by atoms with van der Waals surface area (Å²) in [5.41, 5.74) is 0. The van der Waals surface area contributed by atoms with Crippen molar-refractivity contribution in [2.24, 2.45) is 0 Å². The highest BCUT2D eigenvalue weighted by Gasteiger charge is 2.10. The van der Waals surface area contributed by atoms with Crippen LogP contribution in [0, 0.1) is 0 Å². The molecule has 0 fully saturated rings. The maximum atomic E-state index is 3.66. The number of thiophene rings is 1. The number of thioether (sulfide) groups is 1. The normalized spacial score (nSPS) is 12.9. The lowest BCUT2D eigenvalue weighted by Crippen LogP contribution is -2.33. The molecule has 0 bridgehead atoms. The Labute approximate surface area is 122 Å². The summed E-state index contributed by atoms with van der Waals surface area (Å²) in [7, 11) is 0. The van der Waals surface area contributed by atoms with Gasteiger partial charge in [-0.15, -0.1) is 11.3 Å². The van der Waals surface area contributed by atoms with E-state index in [0.29, 0.717) is 6.04 Å². The highest BCUT2D eigenvalue weighted by Crippen LogP contribution is 2.21. The zero-order chi connectivity index (χ0) is 12.5. The average Bonchev–Trinajstić information content (AvgIpc) is 2.72. The molecular formula is C13H22BrNS2. The molecule has 0 radical (unpaired) electrons. The van der Waals surface area contributed by atoms with Crippen LogP contribution >= 0.6 is 39.0 Å². The van der Waals surface area contributed by atoms with Crippen molar-refractivity contribution >= 4 is 39.0 Å². The number of hydrogen-bond donors (Lipinski definition) is 1. The Kier molecular flexibility index (Phi) is 8.62. The highest BCUT2D eigenvalue weighted by molar-refractivity contribution is 9.10. The predicted octanol–water partition coefficient (Wildman–Crippen LogP) is 4.56. The molecule has 1 aromatic heterocycles. The first-order valence-corrected chi connectivity index (χ1v) is 9.13. The van der Waals surface area contributed by atoms with E-state index < -0.39 is 0 Å². The van der Waals surface area contributed by atoms with E-state index in [-0.39, 0.29) is 0 Å². The number of rotatable bonds is 9. The van der Waals surface area contributed by atoms with Gasteiger partial charge < -0.3 is 5.32 Å². The molecule has 0 spiro atoms. The van der Waals surface area contributed by atoms with E-state index in [2.05, 4.69) is 58.3 Å². The summed E-state index contributed by atoms with van der Waals surface area (Å²) in [5, 5.41) is 5.83. The van der Waals surface area contributed by atoms with Gasteiger partial charge in [-0.3, -0.25) is 0 Å². The third-order valence-electron chi connectivity index (χ3n) is 2.42. The summed E-state index contributed by atoms with van der Waals surface area (Å²) < 4.78 is 1.22. The Morgan fingerprint density at radius 1 is 1.41 bits per heavy atom. The van der Waals surface area contributed by atoms with Gasteiger partial charge in [0, 0.05) is 26.5 Å². The Balaban J connectivity index is 2.38. The van der Waals surface area contributed by atoms with Crippen LogP contribution < -0.4 is 5.32 Å². The fraction of sp³-hybridized carbons (Fsp3) is 0.692. The van der Waals surface area contributed by atoms with Gasteiger partial charge in [-0.1, -0.05) is 13.8 Å². The van der Waals surface area contributed by atoms with Gasteiger partial charge in [0.05, 0.1) is 0 Å². The molecule has 1 aromatic rings. The summed E-state index contributed by atoms with van der Waals surface area (Å²) in [6.07, 6.45) is 3.64. The zero-order valence-electron chi connectivity index (χ0n) is 10.7. The number of halogens is 1. The Bertz CT molecular complexity index is 301. The lowest BCUT2D eigenvalue weighted by atomic mass is 10.2. The average molecular weight is 336 g/mol. The van der Waals surface area contributed by atoms with Crippen molar-refractivity contribution in [3.63, 3.8) is 0 Å². The molecule has 0 aliphatic carbocycles. The third kappa shape index (κ3) is 6.85. The molecule has 1 unspecified atom stereocenters. The Hall–Kier alpha value is 0.490. The van der Waals surface area contributed by atoms with Crippen molar-refractivity contribution in [1.29, 1.82) is 0 Å². The minimum absolute atomic E-state index is 0.622. The fourth-order valence-electron chi connectivity index (χ4n) is 1.61. The minimum atomic E-state index is 0.622. The smallest absolute Gasteiger partial charge is 0.0285 e. The van der Waals surface area contributed by atoms with Crippen molar-refractivity contribution in [3.05, 3.63) is 20.8 Å². The first-order valence-electron chi connectivity index (χ1n) is 6.30. The van der Waals surface area contributed by atoms with Gasteiger partial charge in [0.15, 0.2) is 0 Å². The molecule has 4 heteroatoms. The molecule has 1 rings (SSSR count). The van der Waals surface area contributed by atoms with E-state index in [9.17, 15) is 0 Å². The van der Waals surface area contributed by atoms with Gasteiger partial charge in [0.1, 0.15) is 0 Å². The van der Waals surface area contributed by atoms with E-state index in [1.807, 2.05) is 11.3 Å². The van der Waals surface area contributed by atoms with Gasteiger partial charge in [-0.05, 0) is 53.6 Å². The maximum Gasteiger partial charge on any atom is 0.0285 e. The standard InChI is InChI=1S/C13H22BrNS2/c1-3-5-15-12(10-16-6-4-2)8-13-7-11(14)9-17-13/h7,9,12,15H,3-6,8,10H2,1-2H3. The van der Waals surface area contributed by atoms with Crippen molar-refractivity contribution in [2.75, 3.05) is 18.1 Å². The molecular weight excluding hydrogens is 314 g/mol. The van der Waals surface area contributed by atoms with Crippen LogP contribution in [0.3, 0.4) is 0 Å². The molecule has 0 saturated heterocycles. The molecule has 0 saturated carbocycles. The van der Waals surface area contributed by atoms with Crippen LogP contribution in [-0.4, -0.2) is 24.1 Å². The molecule has 0 aromatic carbocycles. The molecule has 1 atom stereocenters. The molecule has 1 nitrogen and oxygen atoms in total. The largest absolute Gasteiger partial charge is 0.313 e. The highest BCUT2D eigenvalue weighted by atomic mass is 79.9. The van der Waals surface area contributed by atoms with Gasteiger partial charge in [0.25, 0.3) is 0 Å². The van der Waals surface area contributed by atoms with Gasteiger partial charge in [0.2, 0.25) is 0 Å². The van der Waals surface area contributed by atoms with Gasteiger partial charge in [-0.25, -0.2) is 0 Å². The fourth-order valence-corrected chi connectivity index (χ4v) is 4.12. The molecule has 1 N–H and O–H groups in total. The lowest BCUT2D eigenvalue weighted by Gasteiger charge is -2.17. The summed E-state index contributed by atoms with van der Waals surface area (Å²) in [4.78, 5) is 1.47. The Morgan fingerprint density at radius 2 is 2.24 bits per heavy atom. The Morgan fingerprint density at radius 3 is 2.82 bits per heavy atom. The van der Waals surface area contributed by atoms with E-state index in [0.717, 1.165) is 13.0 Å². The second kappa shape index (κ2) is 9.42. The second-order valence-electron chi connectivity index (χ2n) is 4.16. The SMILES string of the molecule is CCCNC(CSCCC)Cc1cc(Br)cs1. The van der Waals surface area contributed by atoms with Crippen LogP contribution in [0.15, 0.2) is 15.9 Å². The quantitative estimate of drug-likeness (QED) is 0.663. The van der Waals surface area contributed by atoms with E-state index in [4.69, 9.17) is 0 Å². The summed E-state index contributed by atoms with van der Waals surface area (Å²) in [6, 6.07) is 2.87. The van der Waals surface area contributed by atoms with Crippen molar-refractivity contribution in [1.82, 2.24) is 5.32 Å². The van der Waals surface area contributed by atoms with Crippen LogP contribution in [0.1, 0.15) is 31.6 Å². The third-order valence-corrected chi connectivity index (χ3v) is 5.47. The topological polar surface area (TPSA) is 12.0 Å². The summed E-state index contributed by atoms with van der Waals surface area (Å²) in [6.45, 7) is 5.60. The molecule has 0 amide bonds. The summed E-state index contributed by atoms with van der Waals surface area (Å²) >= 11 is 7.45. The zero-order valence-corrected chi connectivity index (χ0v) is 13.9. The number of hydrogen-bond acceptors (Lipinski definition) is 3. The molecule has 17 heavy (non-hydrogen) atoms. The van der Waals surface area contributed by atoms with E-state index in [1.54, 1.807) is 0 Å². The van der Waals surface area contributed by atoms with Gasteiger partial charge in [-0.2, -0.15) is 11.8 Å². The van der Waals surface area contributed by atoms with Crippen LogP contribution in [0.25, 0.3) is 0 Å². The van der Waals surface area contributed by atoms with Crippen molar-refractivity contribution in [3.8, 4) is 0 Å². The first-order chi connectivity index (χ1) is 8.26. The maximum absolute atomic E-state index is 3.66. The number of nitrogens with one attached hydrogen (secondary N) is 1. The molecule has 98 valence electrons. The van der Waals surface area contributed by atoms with Crippen LogP contribution in [0.4, 0.5) is 0 Å². The molecule has 0 aliphatic heterocycles. The minimum Gasteiger partial charge on any atom is -0.313 e. The predicted molar refractivity (Wildman–Crippen MR) is 85.4 cm³/mol. The second-order valence-corrected chi connectivity index (χ2v) is 7.22. The molecule has 1 heterocycles. The van der Waals surface area contributed by atoms with E-state index in [1.165, 1.54) is 33.7 Å². The van der Waals surface area contributed by atoms with E-state index >= 15 is 0 Å².